The molecule has 0 saturated heterocycles. The maximum absolute atomic E-state index is 10.8. The molecule has 1 aromatic rings. The fourth-order valence-corrected chi connectivity index (χ4v) is 1.21. The van der Waals surface area contributed by atoms with Crippen molar-refractivity contribution in [3.8, 4) is 0 Å². The van der Waals surface area contributed by atoms with E-state index in [9.17, 15) is 9.59 Å². The predicted octanol–water partition coefficient (Wildman–Crippen LogP) is 2.47. The van der Waals surface area contributed by atoms with E-state index in [0.29, 0.717) is 18.4 Å². The Morgan fingerprint density at radius 2 is 1.88 bits per heavy atom. The lowest BCUT2D eigenvalue weighted by atomic mass is 10.1. The summed E-state index contributed by atoms with van der Waals surface area (Å²) in [6.45, 7) is 0. The number of carbonyl (C=O) groups is 2. The summed E-state index contributed by atoms with van der Waals surface area (Å²) in [6.07, 6.45) is 5.68. The molecule has 0 heterocycles. The van der Waals surface area contributed by atoms with Gasteiger partial charge in [-0.3, -0.25) is 9.59 Å². The van der Waals surface area contributed by atoms with Gasteiger partial charge in [-0.2, -0.15) is 0 Å². The molecule has 0 atom stereocenters. The van der Waals surface area contributed by atoms with Gasteiger partial charge in [0.25, 0.3) is 0 Å². The molecule has 0 amide bonds. The highest BCUT2D eigenvalue weighted by atomic mass is 16.5. The Morgan fingerprint density at radius 3 is 2.44 bits per heavy atom. The van der Waals surface area contributed by atoms with Crippen LogP contribution in [-0.4, -0.2) is 19.4 Å². The van der Waals surface area contributed by atoms with Gasteiger partial charge >= 0.3 is 5.97 Å². The molecule has 0 aliphatic heterocycles. The summed E-state index contributed by atoms with van der Waals surface area (Å²) in [6, 6.07) is 7.23. The predicted molar refractivity (Wildman–Crippen MR) is 62.1 cm³/mol. The smallest absolute Gasteiger partial charge is 0.305 e. The van der Waals surface area contributed by atoms with E-state index in [1.54, 1.807) is 12.1 Å². The van der Waals surface area contributed by atoms with Crippen molar-refractivity contribution < 1.29 is 14.3 Å². The summed E-state index contributed by atoms with van der Waals surface area (Å²) in [4.78, 5) is 21.2. The molecule has 1 aromatic carbocycles. The number of esters is 1. The number of hydrogen-bond donors (Lipinski definition) is 0. The standard InChI is InChI=1S/C13H14O3/c1-16-13(15)5-3-2-4-11-6-8-12(10-14)9-7-11/h2,4,6-10H,3,5H2,1H3/b4-2+. The Kier molecular flexibility index (Phi) is 4.99. The number of aldehydes is 1. The molecule has 0 spiro atoms. The number of ether oxygens (including phenoxy) is 1. The van der Waals surface area contributed by atoms with Crippen LogP contribution in [-0.2, 0) is 9.53 Å². The fourth-order valence-electron chi connectivity index (χ4n) is 1.21. The molecule has 0 radical (unpaired) electrons. The molecule has 1 rings (SSSR count). The molecule has 0 unspecified atom stereocenters. The van der Waals surface area contributed by atoms with Crippen molar-refractivity contribution >= 4 is 18.3 Å². The van der Waals surface area contributed by atoms with Gasteiger partial charge in [-0.05, 0) is 12.0 Å². The SMILES string of the molecule is COC(=O)CC/C=C/c1ccc(C=O)cc1. The average Bonchev–Trinajstić information content (AvgIpc) is 2.35. The Hall–Kier alpha value is -1.90. The first kappa shape index (κ1) is 12.2. The van der Waals surface area contributed by atoms with E-state index in [1.807, 2.05) is 24.3 Å². The van der Waals surface area contributed by atoms with Gasteiger partial charge in [0, 0.05) is 12.0 Å². The van der Waals surface area contributed by atoms with Crippen molar-refractivity contribution in [3.63, 3.8) is 0 Å². The molecule has 3 nitrogen and oxygen atoms in total. The van der Waals surface area contributed by atoms with Crippen molar-refractivity contribution in [2.75, 3.05) is 7.11 Å². The molecule has 0 aliphatic carbocycles. The zero-order chi connectivity index (χ0) is 11.8. The van der Waals surface area contributed by atoms with Crippen LogP contribution in [0.3, 0.4) is 0 Å². The summed E-state index contributed by atoms with van der Waals surface area (Å²) in [5, 5.41) is 0. The molecule has 0 aliphatic rings. The van der Waals surface area contributed by atoms with Gasteiger partial charge in [0.15, 0.2) is 0 Å². The lowest BCUT2D eigenvalue weighted by Gasteiger charge is -1.95. The third-order valence-electron chi connectivity index (χ3n) is 2.13. The minimum absolute atomic E-state index is 0.207. The van der Waals surface area contributed by atoms with E-state index in [1.165, 1.54) is 7.11 Å². The van der Waals surface area contributed by atoms with Crippen molar-refractivity contribution in [1.82, 2.24) is 0 Å². The molecule has 0 saturated carbocycles. The van der Waals surface area contributed by atoms with E-state index >= 15 is 0 Å². The number of hydrogen-bond acceptors (Lipinski definition) is 3. The molecule has 84 valence electrons. The average molecular weight is 218 g/mol. The highest BCUT2D eigenvalue weighted by molar-refractivity contribution is 5.75. The Labute approximate surface area is 94.7 Å². The summed E-state index contributed by atoms with van der Waals surface area (Å²) in [5.41, 5.74) is 1.67. The number of carbonyl (C=O) groups excluding carboxylic acids is 2. The first-order chi connectivity index (χ1) is 7.76. The molecule has 0 aromatic heterocycles. The maximum atomic E-state index is 10.8. The van der Waals surface area contributed by atoms with E-state index in [-0.39, 0.29) is 5.97 Å². The molecule has 0 N–H and O–H groups in total. The lowest BCUT2D eigenvalue weighted by molar-refractivity contribution is -0.140. The topological polar surface area (TPSA) is 43.4 Å². The summed E-state index contributed by atoms with van der Waals surface area (Å²) in [7, 11) is 1.38. The van der Waals surface area contributed by atoms with Crippen molar-refractivity contribution in [3.05, 3.63) is 41.5 Å². The van der Waals surface area contributed by atoms with Crippen molar-refractivity contribution in [2.24, 2.45) is 0 Å². The van der Waals surface area contributed by atoms with Crippen molar-refractivity contribution in [2.45, 2.75) is 12.8 Å². The largest absolute Gasteiger partial charge is 0.469 e. The van der Waals surface area contributed by atoms with Crippen LogP contribution in [0.2, 0.25) is 0 Å². The van der Waals surface area contributed by atoms with Gasteiger partial charge in [-0.15, -0.1) is 0 Å². The van der Waals surface area contributed by atoms with E-state index in [0.717, 1.165) is 11.8 Å². The molecular weight excluding hydrogens is 204 g/mol. The van der Waals surface area contributed by atoms with Crippen LogP contribution in [0, 0.1) is 0 Å². The number of allylic oxidation sites excluding steroid dienone is 1. The van der Waals surface area contributed by atoms with Gasteiger partial charge in [-0.25, -0.2) is 0 Å². The number of methoxy groups -OCH3 is 1. The van der Waals surface area contributed by atoms with Crippen LogP contribution < -0.4 is 0 Å². The van der Waals surface area contributed by atoms with Gasteiger partial charge in [-0.1, -0.05) is 36.4 Å². The van der Waals surface area contributed by atoms with Gasteiger partial charge in [0.1, 0.15) is 6.29 Å². The summed E-state index contributed by atoms with van der Waals surface area (Å²) < 4.78 is 4.52. The number of benzene rings is 1. The molecule has 0 fully saturated rings. The highest BCUT2D eigenvalue weighted by Crippen LogP contribution is 2.06. The van der Waals surface area contributed by atoms with Crippen molar-refractivity contribution in [1.29, 1.82) is 0 Å². The zero-order valence-electron chi connectivity index (χ0n) is 9.18. The Bertz CT molecular complexity index is 377. The second-order valence-corrected chi connectivity index (χ2v) is 3.30. The van der Waals surface area contributed by atoms with E-state index in [2.05, 4.69) is 4.74 Å². The minimum Gasteiger partial charge on any atom is -0.469 e. The monoisotopic (exact) mass is 218 g/mol. The lowest BCUT2D eigenvalue weighted by Crippen LogP contribution is -1.97. The van der Waals surface area contributed by atoms with E-state index < -0.39 is 0 Å². The summed E-state index contributed by atoms with van der Waals surface area (Å²) in [5.74, 6) is -0.207. The minimum atomic E-state index is -0.207. The first-order valence-corrected chi connectivity index (χ1v) is 5.05. The van der Waals surface area contributed by atoms with Crippen LogP contribution >= 0.6 is 0 Å². The molecule has 3 heteroatoms. The normalized spacial score (nSPS) is 10.3. The molecule has 0 bridgehead atoms. The second-order valence-electron chi connectivity index (χ2n) is 3.30. The third-order valence-corrected chi connectivity index (χ3v) is 2.13. The van der Waals surface area contributed by atoms with Gasteiger partial charge in [0.05, 0.1) is 7.11 Å². The first-order valence-electron chi connectivity index (χ1n) is 5.05. The third kappa shape index (κ3) is 4.09. The van der Waals surface area contributed by atoms with Gasteiger partial charge in [0.2, 0.25) is 0 Å². The number of rotatable bonds is 5. The maximum Gasteiger partial charge on any atom is 0.305 e. The quantitative estimate of drug-likeness (QED) is 0.563. The van der Waals surface area contributed by atoms with Crippen LogP contribution in [0.4, 0.5) is 0 Å². The zero-order valence-corrected chi connectivity index (χ0v) is 9.18. The molecular formula is C13H14O3. The highest BCUT2D eigenvalue weighted by Gasteiger charge is 1.95. The van der Waals surface area contributed by atoms with E-state index in [4.69, 9.17) is 0 Å². The second kappa shape index (κ2) is 6.56. The molecule has 16 heavy (non-hydrogen) atoms. The Morgan fingerprint density at radius 1 is 1.25 bits per heavy atom. The van der Waals surface area contributed by atoms with Crippen LogP contribution in [0.5, 0.6) is 0 Å². The van der Waals surface area contributed by atoms with Gasteiger partial charge < -0.3 is 4.74 Å². The fraction of sp³-hybridized carbons (Fsp3) is 0.231. The van der Waals surface area contributed by atoms with Crippen LogP contribution in [0.15, 0.2) is 30.3 Å². The Balaban J connectivity index is 2.43. The summed E-state index contributed by atoms with van der Waals surface area (Å²) >= 11 is 0. The van der Waals surface area contributed by atoms with Crippen LogP contribution in [0.25, 0.3) is 6.08 Å². The van der Waals surface area contributed by atoms with Crippen LogP contribution in [0.1, 0.15) is 28.8 Å².